The molecule has 3 atom stereocenters. The van der Waals surface area contributed by atoms with Gasteiger partial charge in [-0.25, -0.2) is 0 Å². The molecule has 24 heavy (non-hydrogen) atoms. The van der Waals surface area contributed by atoms with Gasteiger partial charge in [-0.15, -0.1) is 0 Å². The zero-order valence-corrected chi connectivity index (χ0v) is 14.9. The summed E-state index contributed by atoms with van der Waals surface area (Å²) in [6, 6.07) is 0.272. The molecule has 0 spiro atoms. The number of nitrogens with one attached hydrogen (secondary N) is 3. The Labute approximate surface area is 147 Å². The number of hydrogen-bond donors (Lipinski definition) is 4. The van der Waals surface area contributed by atoms with Crippen LogP contribution in [-0.2, 0) is 4.74 Å². The average molecular weight is 356 g/mol. The van der Waals surface area contributed by atoms with E-state index in [1.165, 1.54) is 6.21 Å². The Bertz CT molecular complexity index is 558. The smallest absolute Gasteiger partial charge is 0.226 e. The molecule has 0 saturated carbocycles. The Hall–Kier alpha value is -1.44. The van der Waals surface area contributed by atoms with E-state index in [0.717, 1.165) is 32.1 Å². The summed E-state index contributed by atoms with van der Waals surface area (Å²) >= 11 is 6.07. The van der Waals surface area contributed by atoms with Gasteiger partial charge in [0.25, 0.3) is 0 Å². The lowest BCUT2D eigenvalue weighted by molar-refractivity contribution is 0.0234. The van der Waals surface area contributed by atoms with Crippen molar-refractivity contribution in [2.45, 2.75) is 64.3 Å². The fourth-order valence-corrected chi connectivity index (χ4v) is 2.99. The second kappa shape index (κ2) is 9.15. The molecule has 0 aromatic carbocycles. The normalized spacial score (nSPS) is 21.5. The van der Waals surface area contributed by atoms with Gasteiger partial charge in [-0.05, 0) is 37.3 Å². The van der Waals surface area contributed by atoms with Crippen LogP contribution in [0.25, 0.3) is 0 Å². The van der Waals surface area contributed by atoms with Gasteiger partial charge in [-0.2, -0.15) is 9.97 Å². The Morgan fingerprint density at radius 1 is 1.38 bits per heavy atom. The molecular weight excluding hydrogens is 330 g/mol. The van der Waals surface area contributed by atoms with Crippen LogP contribution in [-0.4, -0.2) is 46.3 Å². The predicted molar refractivity (Wildman–Crippen MR) is 96.1 cm³/mol. The van der Waals surface area contributed by atoms with Crippen LogP contribution in [0.15, 0.2) is 0 Å². The number of hydrogen-bond acceptors (Lipinski definition) is 7. The van der Waals surface area contributed by atoms with E-state index in [1.807, 2.05) is 0 Å². The predicted octanol–water partition coefficient (Wildman–Crippen LogP) is 3.03. The third-order valence-electron chi connectivity index (χ3n) is 4.14. The first-order chi connectivity index (χ1) is 11.6. The van der Waals surface area contributed by atoms with Gasteiger partial charge in [0.05, 0.1) is 18.3 Å². The van der Waals surface area contributed by atoms with Gasteiger partial charge >= 0.3 is 0 Å². The van der Waals surface area contributed by atoms with Crippen LogP contribution in [0.4, 0.5) is 11.6 Å². The third-order valence-corrected chi connectivity index (χ3v) is 4.31. The largest absolute Gasteiger partial charge is 0.394 e. The molecular formula is C16H26ClN5O2. The summed E-state index contributed by atoms with van der Waals surface area (Å²) in [6.45, 7) is 4.25. The molecule has 4 N–H and O–H groups in total. The fraction of sp³-hybridized carbons (Fsp3) is 0.688. The molecule has 1 saturated heterocycles. The van der Waals surface area contributed by atoms with Crippen molar-refractivity contribution in [1.82, 2.24) is 9.97 Å². The summed E-state index contributed by atoms with van der Waals surface area (Å²) in [5.41, 5.74) is 0.560. The summed E-state index contributed by atoms with van der Waals surface area (Å²) in [4.78, 5) is 8.46. The number of halogens is 1. The lowest BCUT2D eigenvalue weighted by Crippen LogP contribution is -2.24. The number of anilines is 2. The van der Waals surface area contributed by atoms with Crippen LogP contribution in [0.1, 0.15) is 51.5 Å². The maximum atomic E-state index is 9.17. The highest BCUT2D eigenvalue weighted by molar-refractivity contribution is 6.28. The first kappa shape index (κ1) is 18.9. The molecule has 1 aliphatic heterocycles. The Morgan fingerprint density at radius 3 is 2.71 bits per heavy atom. The highest BCUT2D eigenvalue weighted by Gasteiger charge is 2.26. The van der Waals surface area contributed by atoms with Crippen molar-refractivity contribution in [2.24, 2.45) is 0 Å². The number of aliphatic hydroxyl groups excluding tert-OH is 1. The van der Waals surface area contributed by atoms with E-state index >= 15 is 0 Å². The molecule has 1 aliphatic rings. The minimum absolute atomic E-state index is 0.00212. The Balaban J connectivity index is 2.20. The summed E-state index contributed by atoms with van der Waals surface area (Å²) < 4.78 is 5.67. The molecule has 0 amide bonds. The lowest BCUT2D eigenvalue weighted by atomic mass is 10.1. The van der Waals surface area contributed by atoms with Crippen LogP contribution in [0.3, 0.4) is 0 Å². The van der Waals surface area contributed by atoms with Gasteiger partial charge in [0.15, 0.2) is 0 Å². The standard InChI is InChI=1S/C16H26ClN5O2/c1-3-5-10(4-2)19-14-12(8-18)15(22-16(17)21-14)20-13-7-6-11(9-23)24-13/h8,10-11,13,18,23H,3-7,9H2,1-2H3,(H2,19,20,21,22). The molecule has 3 unspecified atom stereocenters. The second-order valence-electron chi connectivity index (χ2n) is 5.94. The number of aromatic nitrogens is 2. The van der Waals surface area contributed by atoms with Crippen molar-refractivity contribution in [3.05, 3.63) is 10.8 Å². The summed E-state index contributed by atoms with van der Waals surface area (Å²) in [5, 5.41) is 23.6. The molecule has 8 heteroatoms. The highest BCUT2D eigenvalue weighted by atomic mass is 35.5. The first-order valence-corrected chi connectivity index (χ1v) is 8.86. The molecule has 2 heterocycles. The third kappa shape index (κ3) is 4.78. The number of aliphatic hydroxyl groups is 1. The van der Waals surface area contributed by atoms with Crippen LogP contribution >= 0.6 is 11.6 Å². The van der Waals surface area contributed by atoms with Crippen molar-refractivity contribution in [1.29, 1.82) is 5.41 Å². The molecule has 1 fully saturated rings. The molecule has 0 aliphatic carbocycles. The Morgan fingerprint density at radius 2 is 2.12 bits per heavy atom. The van der Waals surface area contributed by atoms with E-state index in [2.05, 4.69) is 34.4 Å². The minimum atomic E-state index is -0.253. The van der Waals surface area contributed by atoms with E-state index in [-0.39, 0.29) is 30.3 Å². The van der Waals surface area contributed by atoms with Gasteiger partial charge in [-0.3, -0.25) is 0 Å². The van der Waals surface area contributed by atoms with Crippen molar-refractivity contribution in [2.75, 3.05) is 17.2 Å². The van der Waals surface area contributed by atoms with Crippen molar-refractivity contribution < 1.29 is 9.84 Å². The van der Waals surface area contributed by atoms with Gasteiger partial charge in [0.1, 0.15) is 17.9 Å². The molecule has 2 rings (SSSR count). The summed E-state index contributed by atoms with van der Waals surface area (Å²) in [5.74, 6) is 1.03. The maximum Gasteiger partial charge on any atom is 0.226 e. The van der Waals surface area contributed by atoms with Crippen molar-refractivity contribution >= 4 is 29.5 Å². The number of rotatable bonds is 9. The average Bonchev–Trinajstić information content (AvgIpc) is 3.02. The maximum absolute atomic E-state index is 9.17. The van der Waals surface area contributed by atoms with Crippen LogP contribution in [0.2, 0.25) is 5.28 Å². The summed E-state index contributed by atoms with van der Waals surface area (Å²) in [7, 11) is 0. The quantitative estimate of drug-likeness (QED) is 0.401. The highest BCUT2D eigenvalue weighted by Crippen LogP contribution is 2.27. The van der Waals surface area contributed by atoms with Gasteiger partial charge in [-0.1, -0.05) is 20.3 Å². The first-order valence-electron chi connectivity index (χ1n) is 8.48. The van der Waals surface area contributed by atoms with Gasteiger partial charge in [0, 0.05) is 12.3 Å². The molecule has 134 valence electrons. The van der Waals surface area contributed by atoms with Gasteiger partial charge in [0.2, 0.25) is 5.28 Å². The van der Waals surface area contributed by atoms with E-state index in [1.54, 1.807) is 0 Å². The molecule has 1 aromatic heterocycles. The summed E-state index contributed by atoms with van der Waals surface area (Å²) in [6.07, 6.45) is 5.40. The van der Waals surface area contributed by atoms with Gasteiger partial charge < -0.3 is 25.9 Å². The van der Waals surface area contributed by atoms with E-state index in [9.17, 15) is 0 Å². The monoisotopic (exact) mass is 355 g/mol. The molecule has 0 radical (unpaired) electrons. The number of ether oxygens (including phenoxy) is 1. The van der Waals surface area contributed by atoms with Crippen molar-refractivity contribution in [3.63, 3.8) is 0 Å². The Kier molecular flexibility index (Phi) is 7.20. The van der Waals surface area contributed by atoms with Crippen LogP contribution in [0, 0.1) is 5.41 Å². The van der Waals surface area contributed by atoms with Crippen LogP contribution < -0.4 is 10.6 Å². The zero-order chi connectivity index (χ0) is 17.5. The zero-order valence-electron chi connectivity index (χ0n) is 14.2. The topological polar surface area (TPSA) is 103 Å². The molecule has 7 nitrogen and oxygen atoms in total. The van der Waals surface area contributed by atoms with E-state index < -0.39 is 0 Å². The second-order valence-corrected chi connectivity index (χ2v) is 6.28. The number of nitrogens with zero attached hydrogens (tertiary/aromatic N) is 2. The molecule has 1 aromatic rings. The minimum Gasteiger partial charge on any atom is -0.394 e. The van der Waals surface area contributed by atoms with Crippen molar-refractivity contribution in [3.8, 4) is 0 Å². The lowest BCUT2D eigenvalue weighted by Gasteiger charge is -2.21. The molecule has 0 bridgehead atoms. The SMILES string of the molecule is CCCC(CC)Nc1nc(Cl)nc(NC2CCC(CO)O2)c1C=N. The fourth-order valence-electron chi connectivity index (χ4n) is 2.82. The van der Waals surface area contributed by atoms with E-state index in [0.29, 0.717) is 17.2 Å². The van der Waals surface area contributed by atoms with E-state index in [4.69, 9.17) is 26.9 Å². The van der Waals surface area contributed by atoms with Crippen LogP contribution in [0.5, 0.6) is 0 Å².